The van der Waals surface area contributed by atoms with E-state index in [1.807, 2.05) is 6.92 Å². The number of methoxy groups -OCH3 is 1. The molecule has 3 N–H and O–H groups in total. The van der Waals surface area contributed by atoms with Crippen LogP contribution < -0.4 is 24.2 Å². The molecule has 1 aromatic carbocycles. The topological polar surface area (TPSA) is 194 Å². The fourth-order valence-corrected chi connectivity index (χ4v) is 10.5. The van der Waals surface area contributed by atoms with E-state index in [2.05, 4.69) is 15.0 Å². The minimum Gasteiger partial charge on any atom is -0.497 e. The molecule has 1 saturated heterocycles. The molecule has 18 heteroatoms. The average Bonchev–Trinajstić information content (AvgIpc) is 4.08. The number of amides is 4. The second-order valence-corrected chi connectivity index (χ2v) is 20.3. The van der Waals surface area contributed by atoms with Gasteiger partial charge in [-0.2, -0.15) is 13.8 Å². The summed E-state index contributed by atoms with van der Waals surface area (Å²) < 4.78 is 80.5. The zero-order valence-electron chi connectivity index (χ0n) is 35.0. The number of aryl methyl sites for hydroxylation is 1. The minimum atomic E-state index is -4.23. The molecule has 60 heavy (non-hydrogen) atoms. The summed E-state index contributed by atoms with van der Waals surface area (Å²) in [5.74, 6) is -8.85. The first-order valence-corrected chi connectivity index (χ1v) is 22.2. The molecule has 7 rings (SSSR count). The van der Waals surface area contributed by atoms with Crippen molar-refractivity contribution in [1.82, 2.24) is 24.8 Å². The van der Waals surface area contributed by atoms with Crippen LogP contribution in [0.2, 0.25) is 0 Å². The van der Waals surface area contributed by atoms with Crippen molar-refractivity contribution >= 4 is 44.6 Å². The number of pyridine rings is 1. The van der Waals surface area contributed by atoms with Gasteiger partial charge in [0.25, 0.3) is 5.91 Å². The summed E-state index contributed by atoms with van der Waals surface area (Å²) in [5.41, 5.74) is -3.88. The van der Waals surface area contributed by atoms with Crippen LogP contribution >= 0.6 is 0 Å². The lowest BCUT2D eigenvalue weighted by Gasteiger charge is -2.39. The predicted molar refractivity (Wildman–Crippen MR) is 215 cm³/mol. The fourth-order valence-electron chi connectivity index (χ4n) is 9.15. The summed E-state index contributed by atoms with van der Waals surface area (Å²) in [6, 6.07) is 0.0546. The van der Waals surface area contributed by atoms with Crippen molar-refractivity contribution in [2.45, 2.75) is 133 Å². The van der Waals surface area contributed by atoms with Gasteiger partial charge < -0.3 is 29.5 Å². The van der Waals surface area contributed by atoms with Gasteiger partial charge in [0.15, 0.2) is 11.6 Å². The predicted octanol–water partition coefficient (Wildman–Crippen LogP) is 5.19. The quantitative estimate of drug-likeness (QED) is 0.296. The second kappa shape index (κ2) is 15.3. The minimum absolute atomic E-state index is 0.0575. The molecule has 2 aromatic rings. The van der Waals surface area contributed by atoms with Gasteiger partial charge in [0.2, 0.25) is 33.6 Å². The number of carboxylic acid groups (broad SMARTS) is 1. The van der Waals surface area contributed by atoms with Gasteiger partial charge in [0.05, 0.1) is 25.0 Å². The first-order valence-electron chi connectivity index (χ1n) is 20.7. The lowest BCUT2D eigenvalue weighted by molar-refractivity contribution is -0.163. The van der Waals surface area contributed by atoms with Crippen LogP contribution in [0.1, 0.15) is 92.1 Å². The number of benzene rings is 1. The smallest absolute Gasteiger partial charge is 0.408 e. The molecule has 3 aliphatic heterocycles. The first-order chi connectivity index (χ1) is 28.1. The number of sulfonamides is 1. The molecule has 0 spiro atoms. The number of allylic oxidation sites excluding steroid dienone is 1. The number of aromatic nitrogens is 1. The lowest BCUT2D eigenvalue weighted by atomic mass is 9.86. The summed E-state index contributed by atoms with van der Waals surface area (Å²) >= 11 is 0. The molecule has 4 amide bonds. The molecule has 0 unspecified atom stereocenters. The van der Waals surface area contributed by atoms with Crippen molar-refractivity contribution in [3.8, 4) is 17.5 Å². The summed E-state index contributed by atoms with van der Waals surface area (Å²) in [7, 11) is -2.71. The number of fused-ring (bicyclic) bond motifs is 5. The van der Waals surface area contributed by atoms with E-state index in [-0.39, 0.29) is 24.1 Å². The number of carbonyl (C=O) groups excluding carboxylic acids is 3. The number of ether oxygens (including phenoxy) is 3. The van der Waals surface area contributed by atoms with Crippen LogP contribution in [-0.2, 0) is 30.8 Å². The number of nitrogens with zero attached hydrogens (tertiary/aromatic N) is 3. The van der Waals surface area contributed by atoms with Crippen molar-refractivity contribution in [2.75, 3.05) is 20.3 Å². The van der Waals surface area contributed by atoms with E-state index >= 15 is 13.6 Å². The molecule has 0 radical (unpaired) electrons. The molecule has 3 fully saturated rings. The molecule has 1 aromatic heterocycles. The van der Waals surface area contributed by atoms with Gasteiger partial charge in [-0.3, -0.25) is 24.0 Å². The van der Waals surface area contributed by atoms with Gasteiger partial charge in [-0.25, -0.2) is 13.2 Å². The number of hydrogen-bond donors (Lipinski definition) is 3. The number of carbonyl (C=O) groups is 4. The lowest BCUT2D eigenvalue weighted by Crippen LogP contribution is -2.63. The van der Waals surface area contributed by atoms with Crippen LogP contribution in [-0.4, -0.2) is 112 Å². The van der Waals surface area contributed by atoms with Crippen molar-refractivity contribution in [2.24, 2.45) is 17.8 Å². The van der Waals surface area contributed by atoms with E-state index in [1.54, 1.807) is 51.1 Å². The van der Waals surface area contributed by atoms with Crippen molar-refractivity contribution in [3.05, 3.63) is 35.9 Å². The maximum Gasteiger partial charge on any atom is 0.408 e. The number of rotatable bonds is 8. The number of alkyl halides is 2. The van der Waals surface area contributed by atoms with Crippen LogP contribution in [0.25, 0.3) is 10.8 Å². The summed E-state index contributed by atoms with van der Waals surface area (Å²) in [4.78, 5) is 62.9. The van der Waals surface area contributed by atoms with Crippen molar-refractivity contribution in [3.63, 3.8) is 0 Å². The van der Waals surface area contributed by atoms with Gasteiger partial charge in [0, 0.05) is 22.9 Å². The first kappa shape index (κ1) is 43.4. The molecule has 15 nitrogen and oxygen atoms in total. The van der Waals surface area contributed by atoms with Gasteiger partial charge in [-0.05, 0) is 114 Å². The Kier molecular flexibility index (Phi) is 11.1. The largest absolute Gasteiger partial charge is 0.497 e. The molecular formula is C42H55F2N5O10S. The Morgan fingerprint density at radius 2 is 1.87 bits per heavy atom. The Labute approximate surface area is 348 Å². The number of hydrogen-bond acceptors (Lipinski definition) is 10. The van der Waals surface area contributed by atoms with Gasteiger partial charge in [-0.1, -0.05) is 26.0 Å². The second-order valence-electron chi connectivity index (χ2n) is 18.1. The molecule has 7 atom stereocenters. The maximum atomic E-state index is 17.7. The molecule has 4 heterocycles. The number of nitrogens with one attached hydrogen (secondary N) is 2. The van der Waals surface area contributed by atoms with E-state index in [0.29, 0.717) is 73.0 Å². The monoisotopic (exact) mass is 859 g/mol. The van der Waals surface area contributed by atoms with E-state index in [4.69, 9.17) is 14.2 Å². The van der Waals surface area contributed by atoms with E-state index in [9.17, 15) is 27.9 Å². The average molecular weight is 860 g/mol. The summed E-state index contributed by atoms with van der Waals surface area (Å²) in [6.45, 7) is 8.76. The zero-order chi connectivity index (χ0) is 43.7. The van der Waals surface area contributed by atoms with Crippen LogP contribution in [0.3, 0.4) is 0 Å². The normalized spacial score (nSPS) is 31.6. The maximum absolute atomic E-state index is 17.7. The fraction of sp³-hybridized carbons (Fsp3) is 0.643. The molecular weight excluding hydrogens is 805 g/mol. The Hall–Kier alpha value is -4.74. The molecule has 328 valence electrons. The van der Waals surface area contributed by atoms with Crippen LogP contribution in [0.5, 0.6) is 17.5 Å². The van der Waals surface area contributed by atoms with E-state index < -0.39 is 92.2 Å². The highest BCUT2D eigenvalue weighted by Gasteiger charge is 2.72. The van der Waals surface area contributed by atoms with E-state index in [1.165, 1.54) is 14.0 Å². The molecule has 5 aliphatic rings. The van der Waals surface area contributed by atoms with E-state index in [0.717, 1.165) is 17.4 Å². The Bertz CT molecular complexity index is 2230. The van der Waals surface area contributed by atoms with Crippen LogP contribution in [0.15, 0.2) is 30.4 Å². The van der Waals surface area contributed by atoms with Gasteiger partial charge in [0.1, 0.15) is 17.3 Å². The van der Waals surface area contributed by atoms with Gasteiger partial charge in [-0.15, -0.1) is 0 Å². The molecule has 0 bridgehead atoms. The zero-order valence-corrected chi connectivity index (χ0v) is 35.9. The SMILES string of the molecule is COc1ccc2c(O[C@]3(C)CN4C(=O)[C@@H](N(C(=O)O)C(C)C)[C@H](C)C[C@@H](C)CC/C=C\[C@@H]5C[C@@]5(C(=O)NS(=O)(=O)C5(C)CC5)NC(=O)[C@H]4C3(F)F)nc3c(c2c1)CCCO3. The highest BCUT2D eigenvalue weighted by molar-refractivity contribution is 7.91. The summed E-state index contributed by atoms with van der Waals surface area (Å²) in [5, 5.41) is 13.9. The van der Waals surface area contributed by atoms with Crippen LogP contribution in [0.4, 0.5) is 13.6 Å². The highest BCUT2D eigenvalue weighted by atomic mass is 32.2. The summed E-state index contributed by atoms with van der Waals surface area (Å²) in [6.07, 6.45) is 5.33. The van der Waals surface area contributed by atoms with Crippen molar-refractivity contribution in [1.29, 1.82) is 0 Å². The Morgan fingerprint density at radius 1 is 1.15 bits per heavy atom. The third-order valence-corrected chi connectivity index (χ3v) is 15.3. The number of halogens is 2. The van der Waals surface area contributed by atoms with Crippen LogP contribution in [0, 0.1) is 17.8 Å². The Morgan fingerprint density at radius 3 is 2.52 bits per heavy atom. The Balaban J connectivity index is 1.35. The van der Waals surface area contributed by atoms with Gasteiger partial charge >= 0.3 is 12.0 Å². The highest BCUT2D eigenvalue weighted by Crippen LogP contribution is 2.51. The van der Waals surface area contributed by atoms with Crippen molar-refractivity contribution < 1.29 is 55.7 Å². The molecule has 2 saturated carbocycles. The third kappa shape index (κ3) is 7.39. The molecule has 2 aliphatic carbocycles. The third-order valence-electron chi connectivity index (χ3n) is 13.2. The standard InChI is InChI=1S/C42H55F2N5O10S/c1-23(2)49(38(53)54)31-25(4)19-24(3)11-8-9-12-26-21-41(26,37(52)47-60(55,56)39(5)16-17-39)46-33(50)32-42(43,44)40(6,22-48(32)36(31)51)59-35-29-15-14-27(57-7)20-30(29)28-13-10-18-58-34(28)45-35/h9,12,14-15,20,23-26,31-32H,8,10-11,13,16-19,21-22H2,1-7H3,(H,46,50)(H,47,52)(H,53,54)/b12-9-/t24-,25+,26+,31-,32-,40+,41+/m0/s1.